The number of amides is 1. The summed E-state index contributed by atoms with van der Waals surface area (Å²) in [5.41, 5.74) is 3.18. The molecular formula is C24H32N2O3S. The Hall–Kier alpha value is -2.18. The molecule has 5 nitrogen and oxygen atoms in total. The maximum atomic E-state index is 12.7. The fourth-order valence-corrected chi connectivity index (χ4v) is 5.36. The normalized spacial score (nSPS) is 16.0. The van der Waals surface area contributed by atoms with Crippen LogP contribution in [0.2, 0.25) is 0 Å². The van der Waals surface area contributed by atoms with E-state index in [1.165, 1.54) is 5.56 Å². The molecule has 162 valence electrons. The number of hydrogen-bond acceptors (Lipinski definition) is 3. The number of nitrogens with zero attached hydrogens (tertiary/aromatic N) is 1. The van der Waals surface area contributed by atoms with Crippen molar-refractivity contribution in [3.05, 3.63) is 65.7 Å². The highest BCUT2D eigenvalue weighted by Gasteiger charge is 2.30. The molecule has 0 saturated carbocycles. The smallest absolute Gasteiger partial charge is 0.227 e. The van der Waals surface area contributed by atoms with Crippen LogP contribution in [0, 0.1) is 5.92 Å². The molecule has 1 saturated heterocycles. The van der Waals surface area contributed by atoms with Gasteiger partial charge in [0, 0.05) is 24.7 Å². The van der Waals surface area contributed by atoms with Crippen molar-refractivity contribution in [3.8, 4) is 0 Å². The fraction of sp³-hybridized carbons (Fsp3) is 0.458. The number of piperidine rings is 1. The molecule has 2 aromatic rings. The summed E-state index contributed by atoms with van der Waals surface area (Å²) < 4.78 is 26.9. The highest BCUT2D eigenvalue weighted by molar-refractivity contribution is 7.89. The standard InChI is InChI=1S/C24H32N2O3S/c1-19(2)21-10-12-23(13-11-21)25-24(27)22-14-16-26(17-15-22)30(28,29)18-6-9-20-7-4-3-5-8-20/h3-5,7-8,10-13,19,22H,6,9,14-18H2,1-2H3,(H,25,27). The molecule has 30 heavy (non-hydrogen) atoms. The van der Waals surface area contributed by atoms with Crippen molar-refractivity contribution in [1.29, 1.82) is 0 Å². The van der Waals surface area contributed by atoms with Gasteiger partial charge in [0.25, 0.3) is 0 Å². The number of anilines is 1. The molecule has 2 aromatic carbocycles. The van der Waals surface area contributed by atoms with Crippen molar-refractivity contribution < 1.29 is 13.2 Å². The van der Waals surface area contributed by atoms with Gasteiger partial charge in [-0.15, -0.1) is 0 Å². The molecule has 1 fully saturated rings. The van der Waals surface area contributed by atoms with E-state index in [1.807, 2.05) is 54.6 Å². The molecule has 1 aliphatic rings. The minimum absolute atomic E-state index is 0.0200. The van der Waals surface area contributed by atoms with E-state index >= 15 is 0 Å². The SMILES string of the molecule is CC(C)c1ccc(NC(=O)C2CCN(S(=O)(=O)CCCc3ccccc3)CC2)cc1. The van der Waals surface area contributed by atoms with Crippen molar-refractivity contribution >= 4 is 21.6 Å². The van der Waals surface area contributed by atoms with Gasteiger partial charge in [-0.3, -0.25) is 4.79 Å². The Morgan fingerprint density at radius 1 is 1.03 bits per heavy atom. The molecule has 6 heteroatoms. The first-order valence-electron chi connectivity index (χ1n) is 10.8. The Morgan fingerprint density at radius 3 is 2.27 bits per heavy atom. The zero-order chi connectivity index (χ0) is 21.6. The molecule has 0 atom stereocenters. The van der Waals surface area contributed by atoms with Crippen LogP contribution < -0.4 is 5.32 Å². The minimum atomic E-state index is -3.27. The minimum Gasteiger partial charge on any atom is -0.326 e. The number of rotatable bonds is 8. The largest absolute Gasteiger partial charge is 0.326 e. The Labute approximate surface area is 180 Å². The molecule has 1 aliphatic heterocycles. The Bertz CT molecular complexity index is 917. The van der Waals surface area contributed by atoms with Gasteiger partial charge in [0.15, 0.2) is 0 Å². The van der Waals surface area contributed by atoms with Gasteiger partial charge in [0.2, 0.25) is 15.9 Å². The first-order chi connectivity index (χ1) is 14.3. The summed E-state index contributed by atoms with van der Waals surface area (Å²) in [5.74, 6) is 0.439. The number of nitrogens with one attached hydrogen (secondary N) is 1. The molecule has 1 heterocycles. The van der Waals surface area contributed by atoms with Crippen LogP contribution in [-0.4, -0.2) is 37.5 Å². The van der Waals surface area contributed by atoms with E-state index in [2.05, 4.69) is 19.2 Å². The summed E-state index contributed by atoms with van der Waals surface area (Å²) in [6.07, 6.45) is 2.50. The van der Waals surface area contributed by atoms with Gasteiger partial charge in [0.05, 0.1) is 5.75 Å². The molecule has 0 aliphatic carbocycles. The van der Waals surface area contributed by atoms with Gasteiger partial charge < -0.3 is 5.32 Å². The molecule has 0 unspecified atom stereocenters. The molecule has 0 aromatic heterocycles. The molecule has 3 rings (SSSR count). The number of hydrogen-bond donors (Lipinski definition) is 1. The quantitative estimate of drug-likeness (QED) is 0.677. The van der Waals surface area contributed by atoms with Crippen molar-refractivity contribution in [3.63, 3.8) is 0 Å². The average molecular weight is 429 g/mol. The number of aryl methyl sites for hydroxylation is 1. The highest BCUT2D eigenvalue weighted by Crippen LogP contribution is 2.23. The van der Waals surface area contributed by atoms with E-state index in [1.54, 1.807) is 4.31 Å². The first-order valence-corrected chi connectivity index (χ1v) is 12.4. The Balaban J connectivity index is 1.45. The predicted octanol–water partition coefficient (Wildman–Crippen LogP) is 4.42. The molecule has 0 radical (unpaired) electrons. The third kappa shape index (κ3) is 6.16. The van der Waals surface area contributed by atoms with Gasteiger partial charge in [0.1, 0.15) is 0 Å². The van der Waals surface area contributed by atoms with Crippen molar-refractivity contribution in [2.45, 2.75) is 45.4 Å². The number of benzene rings is 2. The van der Waals surface area contributed by atoms with Crippen LogP contribution in [0.1, 0.15) is 50.2 Å². The van der Waals surface area contributed by atoms with Crippen molar-refractivity contribution in [2.24, 2.45) is 5.92 Å². The lowest BCUT2D eigenvalue weighted by Gasteiger charge is -2.30. The summed E-state index contributed by atoms with van der Waals surface area (Å²) in [5, 5.41) is 2.98. The van der Waals surface area contributed by atoms with Crippen LogP contribution in [0.4, 0.5) is 5.69 Å². The highest BCUT2D eigenvalue weighted by atomic mass is 32.2. The lowest BCUT2D eigenvalue weighted by Crippen LogP contribution is -2.42. The topological polar surface area (TPSA) is 66.5 Å². The third-order valence-electron chi connectivity index (χ3n) is 5.77. The third-order valence-corrected chi connectivity index (χ3v) is 7.73. The van der Waals surface area contributed by atoms with Crippen LogP contribution in [0.5, 0.6) is 0 Å². The molecule has 1 N–H and O–H groups in total. The maximum absolute atomic E-state index is 12.7. The van der Waals surface area contributed by atoms with E-state index in [0.29, 0.717) is 38.3 Å². The average Bonchev–Trinajstić information content (AvgIpc) is 2.75. The molecule has 1 amide bonds. The van der Waals surface area contributed by atoms with E-state index in [0.717, 1.165) is 17.7 Å². The van der Waals surface area contributed by atoms with Crippen molar-refractivity contribution in [2.75, 3.05) is 24.2 Å². The van der Waals surface area contributed by atoms with Gasteiger partial charge >= 0.3 is 0 Å². The van der Waals surface area contributed by atoms with Gasteiger partial charge in [-0.1, -0.05) is 56.3 Å². The second-order valence-electron chi connectivity index (χ2n) is 8.34. The van der Waals surface area contributed by atoms with Gasteiger partial charge in [-0.25, -0.2) is 12.7 Å². The first kappa shape index (κ1) is 22.5. The maximum Gasteiger partial charge on any atom is 0.227 e. The van der Waals surface area contributed by atoms with Crippen LogP contribution in [-0.2, 0) is 21.2 Å². The van der Waals surface area contributed by atoms with Crippen LogP contribution in [0.15, 0.2) is 54.6 Å². The lowest BCUT2D eigenvalue weighted by atomic mass is 9.97. The Kier molecular flexibility index (Phi) is 7.67. The van der Waals surface area contributed by atoms with Crippen molar-refractivity contribution in [1.82, 2.24) is 4.31 Å². The fourth-order valence-electron chi connectivity index (χ4n) is 3.82. The summed E-state index contributed by atoms with van der Waals surface area (Å²) >= 11 is 0. The zero-order valence-electron chi connectivity index (χ0n) is 17.9. The second-order valence-corrected chi connectivity index (χ2v) is 10.4. The summed E-state index contributed by atoms with van der Waals surface area (Å²) in [6.45, 7) is 5.10. The number of carbonyl (C=O) groups excluding carboxylic acids is 1. The zero-order valence-corrected chi connectivity index (χ0v) is 18.7. The molecule has 0 bridgehead atoms. The van der Waals surface area contributed by atoms with Crippen LogP contribution >= 0.6 is 0 Å². The van der Waals surface area contributed by atoms with E-state index in [4.69, 9.17) is 0 Å². The summed E-state index contributed by atoms with van der Waals surface area (Å²) in [6, 6.07) is 17.9. The monoisotopic (exact) mass is 428 g/mol. The van der Waals surface area contributed by atoms with E-state index in [9.17, 15) is 13.2 Å². The molecule has 0 spiro atoms. The second kappa shape index (κ2) is 10.2. The number of sulfonamides is 1. The van der Waals surface area contributed by atoms with Gasteiger partial charge in [-0.2, -0.15) is 0 Å². The van der Waals surface area contributed by atoms with Gasteiger partial charge in [-0.05, 0) is 54.9 Å². The van der Waals surface area contributed by atoms with Crippen LogP contribution in [0.25, 0.3) is 0 Å². The number of carbonyl (C=O) groups is 1. The summed E-state index contributed by atoms with van der Waals surface area (Å²) in [7, 11) is -3.27. The summed E-state index contributed by atoms with van der Waals surface area (Å²) in [4.78, 5) is 12.6. The Morgan fingerprint density at radius 2 is 1.67 bits per heavy atom. The predicted molar refractivity (Wildman–Crippen MR) is 122 cm³/mol. The molecular weight excluding hydrogens is 396 g/mol. The van der Waals surface area contributed by atoms with Crippen LogP contribution in [0.3, 0.4) is 0 Å². The lowest BCUT2D eigenvalue weighted by molar-refractivity contribution is -0.120. The van der Waals surface area contributed by atoms with E-state index in [-0.39, 0.29) is 17.6 Å². The van der Waals surface area contributed by atoms with E-state index < -0.39 is 10.0 Å².